The average Bonchev–Trinajstić information content (AvgIpc) is 2.62. The van der Waals surface area contributed by atoms with Crippen LogP contribution >= 0.6 is 0 Å². The molecule has 0 saturated carbocycles. The molecule has 2 aliphatic rings. The summed E-state index contributed by atoms with van der Waals surface area (Å²) in [6, 6.07) is 0. The normalized spacial score (nSPS) is 52.7. The number of aliphatic hydroxyl groups excluding tert-OH is 3. The molecule has 2 aliphatic heterocycles. The first kappa shape index (κ1) is 12.2. The number of hydrogen-bond donors (Lipinski definition) is 3. The van der Waals surface area contributed by atoms with Crippen molar-refractivity contribution in [2.45, 2.75) is 43.6 Å². The van der Waals surface area contributed by atoms with E-state index in [1.807, 2.05) is 0 Å². The Hall–Kier alpha value is -0.280. The fourth-order valence-corrected chi connectivity index (χ4v) is 1.86. The highest BCUT2D eigenvalue weighted by Gasteiger charge is 2.55. The van der Waals surface area contributed by atoms with E-state index >= 15 is 0 Å². The van der Waals surface area contributed by atoms with Crippen molar-refractivity contribution in [3.05, 3.63) is 0 Å². The number of methoxy groups -OCH3 is 1. The molecule has 3 N–H and O–H groups in total. The molecular formula is C9H16O7. The molecule has 0 aromatic rings. The van der Waals surface area contributed by atoms with E-state index in [9.17, 15) is 10.2 Å². The van der Waals surface area contributed by atoms with Crippen LogP contribution in [-0.2, 0) is 18.9 Å². The van der Waals surface area contributed by atoms with Gasteiger partial charge >= 0.3 is 0 Å². The van der Waals surface area contributed by atoms with Crippen LogP contribution in [0.3, 0.4) is 0 Å². The zero-order chi connectivity index (χ0) is 11.9. The lowest BCUT2D eigenvalue weighted by Gasteiger charge is -2.36. The van der Waals surface area contributed by atoms with Crippen LogP contribution in [-0.4, -0.2) is 65.7 Å². The van der Waals surface area contributed by atoms with E-state index in [2.05, 4.69) is 0 Å². The van der Waals surface area contributed by atoms with E-state index < -0.39 is 43.3 Å². The lowest BCUT2D eigenvalue weighted by molar-refractivity contribution is -0.334. The second-order valence-corrected chi connectivity index (χ2v) is 3.97. The summed E-state index contributed by atoms with van der Waals surface area (Å²) in [6.07, 6.45) is -4.98. The first-order chi connectivity index (χ1) is 7.50. The zero-order valence-electron chi connectivity index (χ0n) is 9.07. The second-order valence-electron chi connectivity index (χ2n) is 3.97. The summed E-state index contributed by atoms with van der Waals surface area (Å²) in [5, 5.41) is 28.4. The molecule has 0 radical (unpaired) electrons. The van der Waals surface area contributed by atoms with Gasteiger partial charge in [-0.1, -0.05) is 0 Å². The molecule has 2 heterocycles. The van der Waals surface area contributed by atoms with Gasteiger partial charge in [-0.2, -0.15) is 0 Å². The van der Waals surface area contributed by atoms with Gasteiger partial charge in [0.2, 0.25) is 0 Å². The topological polar surface area (TPSA) is 97.6 Å². The molecule has 0 aliphatic carbocycles. The second kappa shape index (κ2) is 4.19. The van der Waals surface area contributed by atoms with Crippen LogP contribution in [0.25, 0.3) is 0 Å². The van der Waals surface area contributed by atoms with Gasteiger partial charge in [-0.25, -0.2) is 0 Å². The minimum Gasteiger partial charge on any atom is -0.394 e. The highest BCUT2D eigenvalue weighted by molar-refractivity contribution is 4.93. The molecule has 6 atom stereocenters. The van der Waals surface area contributed by atoms with Crippen molar-refractivity contribution < 1.29 is 34.3 Å². The highest BCUT2D eigenvalue weighted by Crippen LogP contribution is 2.36. The zero-order valence-corrected chi connectivity index (χ0v) is 9.07. The maximum atomic E-state index is 9.78. The van der Waals surface area contributed by atoms with Gasteiger partial charge in [0.25, 0.3) is 5.97 Å². The lowest BCUT2D eigenvalue weighted by atomic mass is 9.99. The number of ether oxygens (including phenoxy) is 4. The standard InChI is InChI=1S/C9H16O7/c1-9(13-2)15-7-6(12)5(11)4(3-10)14-8(7)16-9/h4-8,10-12H,3H2,1-2H3/t4?,5-,6?,7-,8+,9?/m0/s1. The van der Waals surface area contributed by atoms with Gasteiger partial charge in [0.05, 0.1) is 6.61 Å². The Labute approximate surface area is 92.5 Å². The van der Waals surface area contributed by atoms with Crippen molar-refractivity contribution in [3.8, 4) is 0 Å². The summed E-state index contributed by atoms with van der Waals surface area (Å²) in [7, 11) is 1.39. The Kier molecular flexibility index (Phi) is 3.19. The number of fused-ring (bicyclic) bond motifs is 1. The quantitative estimate of drug-likeness (QED) is 0.518. The van der Waals surface area contributed by atoms with Gasteiger partial charge < -0.3 is 29.5 Å². The average molecular weight is 236 g/mol. The summed E-state index contributed by atoms with van der Waals surface area (Å²) in [5.74, 6) is -1.31. The monoisotopic (exact) mass is 236 g/mol. The smallest absolute Gasteiger partial charge is 0.282 e. The third-order valence-corrected chi connectivity index (χ3v) is 2.88. The fourth-order valence-electron chi connectivity index (χ4n) is 1.86. The van der Waals surface area contributed by atoms with E-state index in [1.165, 1.54) is 14.0 Å². The first-order valence-corrected chi connectivity index (χ1v) is 5.04. The van der Waals surface area contributed by atoms with Gasteiger partial charge in [0, 0.05) is 14.0 Å². The van der Waals surface area contributed by atoms with E-state index in [1.54, 1.807) is 0 Å². The fraction of sp³-hybridized carbons (Fsp3) is 1.00. The predicted octanol–water partition coefficient (Wildman–Crippen LogP) is -1.84. The Balaban J connectivity index is 2.13. The summed E-state index contributed by atoms with van der Waals surface area (Å²) in [6.45, 7) is 1.12. The minimum atomic E-state index is -1.31. The Bertz CT molecular complexity index is 260. The van der Waals surface area contributed by atoms with Crippen LogP contribution in [0.4, 0.5) is 0 Å². The highest BCUT2D eigenvalue weighted by atomic mass is 16.9. The first-order valence-electron chi connectivity index (χ1n) is 5.04. The number of rotatable bonds is 2. The molecule has 0 spiro atoms. The summed E-state index contributed by atoms with van der Waals surface area (Å²) < 4.78 is 20.8. The largest absolute Gasteiger partial charge is 0.394 e. The van der Waals surface area contributed by atoms with Gasteiger partial charge in [0.1, 0.15) is 24.4 Å². The van der Waals surface area contributed by atoms with E-state index in [4.69, 9.17) is 24.1 Å². The van der Waals surface area contributed by atoms with Gasteiger partial charge in [0.15, 0.2) is 6.29 Å². The van der Waals surface area contributed by atoms with Crippen molar-refractivity contribution in [1.82, 2.24) is 0 Å². The van der Waals surface area contributed by atoms with Crippen LogP contribution < -0.4 is 0 Å². The van der Waals surface area contributed by atoms with Gasteiger partial charge in [-0.3, -0.25) is 4.74 Å². The van der Waals surface area contributed by atoms with E-state index in [0.717, 1.165) is 0 Å². The molecule has 0 bridgehead atoms. The van der Waals surface area contributed by atoms with Gasteiger partial charge in [-0.15, -0.1) is 0 Å². The molecule has 2 rings (SSSR count). The molecule has 94 valence electrons. The van der Waals surface area contributed by atoms with Crippen molar-refractivity contribution in [3.63, 3.8) is 0 Å². The molecule has 2 fully saturated rings. The lowest BCUT2D eigenvalue weighted by Crippen LogP contribution is -2.57. The molecular weight excluding hydrogens is 220 g/mol. The van der Waals surface area contributed by atoms with Crippen molar-refractivity contribution in [2.75, 3.05) is 13.7 Å². The van der Waals surface area contributed by atoms with Crippen LogP contribution in [0.15, 0.2) is 0 Å². The number of hydrogen-bond acceptors (Lipinski definition) is 7. The Morgan fingerprint density at radius 1 is 1.25 bits per heavy atom. The maximum absolute atomic E-state index is 9.78. The minimum absolute atomic E-state index is 0.408. The molecule has 16 heavy (non-hydrogen) atoms. The summed E-state index contributed by atoms with van der Waals surface area (Å²) >= 11 is 0. The summed E-state index contributed by atoms with van der Waals surface area (Å²) in [5.41, 5.74) is 0. The Morgan fingerprint density at radius 3 is 2.50 bits per heavy atom. The van der Waals surface area contributed by atoms with E-state index in [-0.39, 0.29) is 0 Å². The molecule has 3 unspecified atom stereocenters. The third-order valence-electron chi connectivity index (χ3n) is 2.88. The molecule has 0 amide bonds. The molecule has 0 aromatic heterocycles. The van der Waals surface area contributed by atoms with Crippen LogP contribution in [0, 0.1) is 0 Å². The van der Waals surface area contributed by atoms with Gasteiger partial charge in [-0.05, 0) is 0 Å². The van der Waals surface area contributed by atoms with Crippen LogP contribution in [0.5, 0.6) is 0 Å². The van der Waals surface area contributed by atoms with Crippen LogP contribution in [0.2, 0.25) is 0 Å². The molecule has 2 saturated heterocycles. The van der Waals surface area contributed by atoms with Crippen molar-refractivity contribution in [1.29, 1.82) is 0 Å². The summed E-state index contributed by atoms with van der Waals surface area (Å²) in [4.78, 5) is 0. The molecule has 7 nitrogen and oxygen atoms in total. The Morgan fingerprint density at radius 2 is 1.94 bits per heavy atom. The van der Waals surface area contributed by atoms with Crippen molar-refractivity contribution in [2.24, 2.45) is 0 Å². The number of aliphatic hydroxyl groups is 3. The third kappa shape index (κ3) is 1.84. The van der Waals surface area contributed by atoms with E-state index in [0.29, 0.717) is 0 Å². The molecule has 7 heteroatoms. The maximum Gasteiger partial charge on any atom is 0.282 e. The van der Waals surface area contributed by atoms with Crippen molar-refractivity contribution >= 4 is 0 Å². The predicted molar refractivity (Wildman–Crippen MR) is 49.1 cm³/mol. The van der Waals surface area contributed by atoms with Crippen LogP contribution in [0.1, 0.15) is 6.92 Å². The SMILES string of the molecule is COC1(C)O[C@H]2OC(CO)[C@H](O)C(O)[C@@H]2O1. The molecule has 0 aromatic carbocycles.